The lowest BCUT2D eigenvalue weighted by Crippen LogP contribution is -2.49. The van der Waals surface area contributed by atoms with E-state index < -0.39 is 11.5 Å². The smallest absolute Gasteiger partial charge is 0.327 e. The molecule has 0 aliphatic rings. The number of carbonyl (C=O) groups excluding carboxylic acids is 1. The molecule has 0 spiro atoms. The SMILES string of the molecule is CCOC(=O)C(C)(N)Cn1cnc2ccccc21. The molecule has 5 nitrogen and oxygen atoms in total. The van der Waals surface area contributed by atoms with Crippen molar-refractivity contribution in [3.05, 3.63) is 30.6 Å². The summed E-state index contributed by atoms with van der Waals surface area (Å²) in [5.74, 6) is -0.400. The van der Waals surface area contributed by atoms with Crippen LogP contribution in [-0.2, 0) is 16.1 Å². The van der Waals surface area contributed by atoms with Gasteiger partial charge in [-0.05, 0) is 26.0 Å². The third-order valence-electron chi connectivity index (χ3n) is 2.77. The van der Waals surface area contributed by atoms with E-state index in [0.717, 1.165) is 11.0 Å². The fraction of sp³-hybridized carbons (Fsp3) is 0.385. The van der Waals surface area contributed by atoms with Crippen molar-refractivity contribution in [3.8, 4) is 0 Å². The van der Waals surface area contributed by atoms with Gasteiger partial charge in [-0.3, -0.25) is 0 Å². The minimum absolute atomic E-state index is 0.330. The first-order chi connectivity index (χ1) is 8.54. The number of nitrogens with two attached hydrogens (primary N) is 1. The van der Waals surface area contributed by atoms with Crippen molar-refractivity contribution in [2.75, 3.05) is 6.61 Å². The number of hydrogen-bond acceptors (Lipinski definition) is 4. The molecule has 1 atom stereocenters. The van der Waals surface area contributed by atoms with Gasteiger partial charge >= 0.3 is 5.97 Å². The molecule has 0 saturated heterocycles. The van der Waals surface area contributed by atoms with Crippen molar-refractivity contribution in [2.45, 2.75) is 25.9 Å². The highest BCUT2D eigenvalue weighted by molar-refractivity contribution is 5.81. The molecular weight excluding hydrogens is 230 g/mol. The second-order valence-corrected chi connectivity index (χ2v) is 4.50. The number of ether oxygens (including phenoxy) is 1. The van der Waals surface area contributed by atoms with Crippen molar-refractivity contribution in [1.29, 1.82) is 0 Å². The maximum absolute atomic E-state index is 11.7. The van der Waals surface area contributed by atoms with E-state index in [0.29, 0.717) is 13.2 Å². The molecule has 2 rings (SSSR count). The molecular formula is C13H17N3O2. The van der Waals surface area contributed by atoms with Crippen LogP contribution in [0.4, 0.5) is 0 Å². The number of aromatic nitrogens is 2. The topological polar surface area (TPSA) is 70.1 Å². The molecule has 2 N–H and O–H groups in total. The minimum Gasteiger partial charge on any atom is -0.465 e. The number of fused-ring (bicyclic) bond motifs is 1. The van der Waals surface area contributed by atoms with Crippen LogP contribution in [0.5, 0.6) is 0 Å². The number of benzene rings is 1. The molecule has 0 aliphatic heterocycles. The van der Waals surface area contributed by atoms with Crippen molar-refractivity contribution in [3.63, 3.8) is 0 Å². The maximum Gasteiger partial charge on any atom is 0.327 e. The first-order valence-corrected chi connectivity index (χ1v) is 5.90. The molecule has 1 aromatic carbocycles. The summed E-state index contributed by atoms with van der Waals surface area (Å²) >= 11 is 0. The minimum atomic E-state index is -1.06. The lowest BCUT2D eigenvalue weighted by Gasteiger charge is -2.22. The van der Waals surface area contributed by atoms with E-state index >= 15 is 0 Å². The monoisotopic (exact) mass is 247 g/mol. The second-order valence-electron chi connectivity index (χ2n) is 4.50. The number of para-hydroxylation sites is 2. The summed E-state index contributed by atoms with van der Waals surface area (Å²) in [4.78, 5) is 16.0. The Kier molecular flexibility index (Phi) is 3.34. The molecule has 0 fully saturated rings. The summed E-state index contributed by atoms with van der Waals surface area (Å²) in [5.41, 5.74) is 6.79. The average Bonchev–Trinajstić information content (AvgIpc) is 2.73. The molecule has 0 amide bonds. The van der Waals surface area contributed by atoms with Gasteiger partial charge in [-0.1, -0.05) is 12.1 Å². The van der Waals surface area contributed by atoms with E-state index in [4.69, 9.17) is 10.5 Å². The number of hydrogen-bond donors (Lipinski definition) is 1. The Labute approximate surface area is 106 Å². The van der Waals surface area contributed by atoms with Crippen LogP contribution in [0.15, 0.2) is 30.6 Å². The average molecular weight is 247 g/mol. The Hall–Kier alpha value is -1.88. The molecule has 2 aromatic rings. The fourth-order valence-corrected chi connectivity index (χ4v) is 1.85. The summed E-state index contributed by atoms with van der Waals surface area (Å²) < 4.78 is 6.84. The van der Waals surface area contributed by atoms with E-state index in [1.54, 1.807) is 20.2 Å². The highest BCUT2D eigenvalue weighted by atomic mass is 16.5. The molecule has 0 radical (unpaired) electrons. The van der Waals surface area contributed by atoms with Gasteiger partial charge in [0.2, 0.25) is 0 Å². The zero-order chi connectivity index (χ0) is 13.2. The predicted octanol–water partition coefficient (Wildman–Crippen LogP) is 1.32. The Morgan fingerprint density at radius 2 is 2.22 bits per heavy atom. The Bertz CT molecular complexity index is 560. The lowest BCUT2D eigenvalue weighted by atomic mass is 10.0. The van der Waals surface area contributed by atoms with E-state index in [9.17, 15) is 4.79 Å². The largest absolute Gasteiger partial charge is 0.465 e. The molecule has 0 saturated carbocycles. The van der Waals surface area contributed by atoms with Gasteiger partial charge in [0.15, 0.2) is 0 Å². The molecule has 1 heterocycles. The summed E-state index contributed by atoms with van der Waals surface area (Å²) in [6, 6.07) is 7.72. The summed E-state index contributed by atoms with van der Waals surface area (Å²) in [5, 5.41) is 0. The first-order valence-electron chi connectivity index (χ1n) is 5.90. The standard InChI is InChI=1S/C13H17N3O2/c1-3-18-12(17)13(2,14)8-16-9-15-10-6-4-5-7-11(10)16/h4-7,9H,3,8,14H2,1-2H3. The third kappa shape index (κ3) is 2.36. The number of rotatable bonds is 4. The van der Waals surface area contributed by atoms with Gasteiger partial charge in [0.05, 0.1) is 30.5 Å². The molecule has 0 bridgehead atoms. The van der Waals surface area contributed by atoms with Crippen LogP contribution < -0.4 is 5.73 Å². The zero-order valence-electron chi connectivity index (χ0n) is 10.6. The van der Waals surface area contributed by atoms with E-state index in [-0.39, 0.29) is 0 Å². The zero-order valence-corrected chi connectivity index (χ0v) is 10.6. The van der Waals surface area contributed by atoms with Gasteiger partial charge in [-0.2, -0.15) is 0 Å². The number of imidazole rings is 1. The molecule has 18 heavy (non-hydrogen) atoms. The normalized spacial score (nSPS) is 14.4. The Morgan fingerprint density at radius 3 is 2.94 bits per heavy atom. The van der Waals surface area contributed by atoms with Crippen LogP contribution in [0.2, 0.25) is 0 Å². The molecule has 0 aliphatic carbocycles. The van der Waals surface area contributed by atoms with Crippen molar-refractivity contribution >= 4 is 17.0 Å². The second kappa shape index (κ2) is 4.78. The van der Waals surface area contributed by atoms with Crippen molar-refractivity contribution in [2.24, 2.45) is 5.73 Å². The molecule has 1 unspecified atom stereocenters. The third-order valence-corrected chi connectivity index (χ3v) is 2.77. The summed E-state index contributed by atoms with van der Waals surface area (Å²) in [6.07, 6.45) is 1.69. The number of carbonyl (C=O) groups is 1. The number of nitrogens with zero attached hydrogens (tertiary/aromatic N) is 2. The first kappa shape index (κ1) is 12.6. The Morgan fingerprint density at radius 1 is 1.50 bits per heavy atom. The van der Waals surface area contributed by atoms with Gasteiger partial charge in [0.1, 0.15) is 5.54 Å². The van der Waals surface area contributed by atoms with Gasteiger partial charge in [0, 0.05) is 0 Å². The van der Waals surface area contributed by atoms with Crippen LogP contribution in [0.1, 0.15) is 13.8 Å². The molecule has 1 aromatic heterocycles. The van der Waals surface area contributed by atoms with Crippen LogP contribution >= 0.6 is 0 Å². The van der Waals surface area contributed by atoms with Gasteiger partial charge < -0.3 is 15.0 Å². The van der Waals surface area contributed by atoms with Crippen LogP contribution in [-0.4, -0.2) is 27.7 Å². The van der Waals surface area contributed by atoms with Crippen molar-refractivity contribution < 1.29 is 9.53 Å². The van der Waals surface area contributed by atoms with E-state index in [1.807, 2.05) is 28.8 Å². The number of esters is 1. The van der Waals surface area contributed by atoms with Crippen LogP contribution in [0.3, 0.4) is 0 Å². The molecule has 5 heteroatoms. The summed E-state index contributed by atoms with van der Waals surface area (Å²) in [6.45, 7) is 4.10. The summed E-state index contributed by atoms with van der Waals surface area (Å²) in [7, 11) is 0. The maximum atomic E-state index is 11.7. The quantitative estimate of drug-likeness (QED) is 0.827. The van der Waals surface area contributed by atoms with E-state index in [1.165, 1.54) is 0 Å². The van der Waals surface area contributed by atoms with Crippen LogP contribution in [0.25, 0.3) is 11.0 Å². The van der Waals surface area contributed by atoms with Gasteiger partial charge in [0.25, 0.3) is 0 Å². The van der Waals surface area contributed by atoms with Crippen LogP contribution in [0, 0.1) is 0 Å². The highest BCUT2D eigenvalue weighted by Gasteiger charge is 2.30. The molecule has 96 valence electrons. The lowest BCUT2D eigenvalue weighted by molar-refractivity contribution is -0.149. The highest BCUT2D eigenvalue weighted by Crippen LogP contribution is 2.15. The Balaban J connectivity index is 2.25. The van der Waals surface area contributed by atoms with E-state index in [2.05, 4.69) is 4.98 Å². The van der Waals surface area contributed by atoms with Gasteiger partial charge in [-0.25, -0.2) is 9.78 Å². The fourth-order valence-electron chi connectivity index (χ4n) is 1.85. The van der Waals surface area contributed by atoms with Gasteiger partial charge in [-0.15, -0.1) is 0 Å². The predicted molar refractivity (Wildman–Crippen MR) is 69.0 cm³/mol. The van der Waals surface area contributed by atoms with Crippen molar-refractivity contribution in [1.82, 2.24) is 9.55 Å².